The van der Waals surface area contributed by atoms with Gasteiger partial charge in [0, 0.05) is 31.4 Å². The molecule has 1 aromatic rings. The van der Waals surface area contributed by atoms with Gasteiger partial charge in [0.1, 0.15) is 5.82 Å². The number of amides is 3. The maximum atomic E-state index is 13.8. The molecule has 1 aromatic carbocycles. The number of primary amides is 1. The summed E-state index contributed by atoms with van der Waals surface area (Å²) in [6, 6.07) is 4.34. The van der Waals surface area contributed by atoms with E-state index in [9.17, 15) is 14.0 Å². The van der Waals surface area contributed by atoms with Crippen molar-refractivity contribution in [3.05, 3.63) is 29.6 Å². The Balaban J connectivity index is 1.40. The number of carbonyl (C=O) groups is 2. The van der Waals surface area contributed by atoms with Crippen molar-refractivity contribution in [3.63, 3.8) is 0 Å². The number of benzene rings is 1. The van der Waals surface area contributed by atoms with Crippen LogP contribution in [0.2, 0.25) is 0 Å². The van der Waals surface area contributed by atoms with Gasteiger partial charge in [0.05, 0.1) is 5.56 Å². The highest BCUT2D eigenvalue weighted by atomic mass is 19.1. The summed E-state index contributed by atoms with van der Waals surface area (Å²) in [6.07, 6.45) is 3.80. The van der Waals surface area contributed by atoms with Gasteiger partial charge in [0.2, 0.25) is 0 Å². The van der Waals surface area contributed by atoms with Crippen LogP contribution in [0.25, 0.3) is 0 Å². The van der Waals surface area contributed by atoms with Crippen LogP contribution in [-0.4, -0.2) is 54.0 Å². The SMILES string of the molecule is NC(=O)c1ccc(NC(=O)N2C[C@@H]3CN4CCCC[C@H]4[C@@H]3C2)cc1F. The maximum absolute atomic E-state index is 13.8. The van der Waals surface area contributed by atoms with Gasteiger partial charge in [-0.2, -0.15) is 0 Å². The normalized spacial score (nSPS) is 28.5. The number of fused-ring (bicyclic) bond motifs is 3. The molecule has 3 N–H and O–H groups in total. The van der Waals surface area contributed by atoms with Crippen molar-refractivity contribution in [1.82, 2.24) is 9.80 Å². The van der Waals surface area contributed by atoms with Crippen LogP contribution in [0.3, 0.4) is 0 Å². The van der Waals surface area contributed by atoms with Gasteiger partial charge in [-0.15, -0.1) is 0 Å². The van der Waals surface area contributed by atoms with Crippen LogP contribution in [0.15, 0.2) is 18.2 Å². The van der Waals surface area contributed by atoms with Crippen LogP contribution < -0.4 is 11.1 Å². The van der Waals surface area contributed by atoms with Crippen LogP contribution in [0, 0.1) is 17.7 Å². The summed E-state index contributed by atoms with van der Waals surface area (Å²) < 4.78 is 13.8. The molecule has 0 aromatic heterocycles. The summed E-state index contributed by atoms with van der Waals surface area (Å²) in [6.45, 7) is 3.79. The van der Waals surface area contributed by atoms with E-state index in [4.69, 9.17) is 5.73 Å². The fourth-order valence-corrected chi connectivity index (χ4v) is 4.72. The Hall–Kier alpha value is -2.15. The molecule has 7 heteroatoms. The first-order chi connectivity index (χ1) is 12.0. The molecule has 0 spiro atoms. The molecule has 3 fully saturated rings. The summed E-state index contributed by atoms with van der Waals surface area (Å²) in [4.78, 5) is 28.0. The zero-order valence-electron chi connectivity index (χ0n) is 14.1. The molecule has 3 amide bonds. The average Bonchev–Trinajstić information content (AvgIpc) is 3.12. The van der Waals surface area contributed by atoms with E-state index in [0.29, 0.717) is 23.6 Å². The topological polar surface area (TPSA) is 78.7 Å². The van der Waals surface area contributed by atoms with Crippen molar-refractivity contribution < 1.29 is 14.0 Å². The summed E-state index contributed by atoms with van der Waals surface area (Å²) in [5, 5.41) is 2.73. The number of anilines is 1. The third kappa shape index (κ3) is 2.97. The van der Waals surface area contributed by atoms with Crippen LogP contribution in [0.1, 0.15) is 29.6 Å². The summed E-state index contributed by atoms with van der Waals surface area (Å²) in [5.41, 5.74) is 5.25. The molecule has 3 aliphatic rings. The van der Waals surface area contributed by atoms with Gasteiger partial charge in [-0.25, -0.2) is 9.18 Å². The molecule has 3 atom stereocenters. The highest BCUT2D eigenvalue weighted by Gasteiger charge is 2.48. The van der Waals surface area contributed by atoms with Gasteiger partial charge in [-0.1, -0.05) is 6.42 Å². The van der Waals surface area contributed by atoms with Crippen LogP contribution in [-0.2, 0) is 0 Å². The number of rotatable bonds is 2. The molecule has 0 radical (unpaired) electrons. The predicted molar refractivity (Wildman–Crippen MR) is 91.7 cm³/mol. The van der Waals surface area contributed by atoms with E-state index in [1.54, 1.807) is 0 Å². The summed E-state index contributed by atoms with van der Waals surface area (Å²) >= 11 is 0. The number of hydrogen-bond donors (Lipinski definition) is 2. The highest BCUT2D eigenvalue weighted by Crippen LogP contribution is 2.40. The van der Waals surface area contributed by atoms with Gasteiger partial charge < -0.3 is 16.0 Å². The molecule has 4 rings (SSSR count). The molecule has 3 aliphatic heterocycles. The monoisotopic (exact) mass is 346 g/mol. The molecule has 0 unspecified atom stereocenters. The lowest BCUT2D eigenvalue weighted by atomic mass is 9.90. The molecule has 0 saturated carbocycles. The average molecular weight is 346 g/mol. The minimum absolute atomic E-state index is 0.175. The van der Waals surface area contributed by atoms with Gasteiger partial charge in [0.15, 0.2) is 0 Å². The zero-order chi connectivity index (χ0) is 17.6. The number of urea groups is 1. The third-order valence-corrected chi connectivity index (χ3v) is 5.89. The van der Waals surface area contributed by atoms with Crippen molar-refractivity contribution in [2.45, 2.75) is 25.3 Å². The Labute approximate surface area is 146 Å². The number of halogens is 1. The van der Waals surface area contributed by atoms with Crippen LogP contribution in [0.5, 0.6) is 0 Å². The molecule has 0 aliphatic carbocycles. The fourth-order valence-electron chi connectivity index (χ4n) is 4.72. The Morgan fingerprint density at radius 1 is 1.20 bits per heavy atom. The lowest BCUT2D eigenvalue weighted by molar-refractivity contribution is 0.0996. The molecule has 25 heavy (non-hydrogen) atoms. The lowest BCUT2D eigenvalue weighted by Crippen LogP contribution is -2.41. The van der Waals surface area contributed by atoms with E-state index in [1.807, 2.05) is 4.90 Å². The van der Waals surface area contributed by atoms with Crippen molar-refractivity contribution in [3.8, 4) is 0 Å². The number of likely N-dealkylation sites (tertiary alicyclic amines) is 1. The number of nitrogens with two attached hydrogens (primary N) is 1. The van der Waals surface area contributed by atoms with E-state index in [0.717, 1.165) is 25.7 Å². The second-order valence-corrected chi connectivity index (χ2v) is 7.38. The van der Waals surface area contributed by atoms with E-state index < -0.39 is 11.7 Å². The second-order valence-electron chi connectivity index (χ2n) is 7.38. The molecular weight excluding hydrogens is 323 g/mol. The first-order valence-electron chi connectivity index (χ1n) is 8.92. The quantitative estimate of drug-likeness (QED) is 0.858. The number of nitrogens with one attached hydrogen (secondary N) is 1. The fraction of sp³-hybridized carbons (Fsp3) is 0.556. The van der Waals surface area contributed by atoms with E-state index >= 15 is 0 Å². The van der Waals surface area contributed by atoms with Gasteiger partial charge in [0.25, 0.3) is 5.91 Å². The maximum Gasteiger partial charge on any atom is 0.321 e. The smallest absolute Gasteiger partial charge is 0.321 e. The molecule has 0 bridgehead atoms. The van der Waals surface area contributed by atoms with E-state index in [2.05, 4.69) is 10.2 Å². The van der Waals surface area contributed by atoms with Crippen LogP contribution >= 0.6 is 0 Å². The molecule has 3 heterocycles. The lowest BCUT2D eigenvalue weighted by Gasteiger charge is -2.33. The number of hydrogen-bond acceptors (Lipinski definition) is 3. The van der Waals surface area contributed by atoms with Crippen molar-refractivity contribution in [2.75, 3.05) is 31.5 Å². The first kappa shape index (κ1) is 16.3. The van der Waals surface area contributed by atoms with Gasteiger partial charge >= 0.3 is 6.03 Å². The molecule has 134 valence electrons. The summed E-state index contributed by atoms with van der Waals surface area (Å²) in [5.74, 6) is -0.441. The van der Waals surface area contributed by atoms with Crippen molar-refractivity contribution in [2.24, 2.45) is 17.6 Å². The van der Waals surface area contributed by atoms with Gasteiger partial charge in [-0.3, -0.25) is 9.69 Å². The van der Waals surface area contributed by atoms with Crippen LogP contribution in [0.4, 0.5) is 14.9 Å². The molecule has 3 saturated heterocycles. The largest absolute Gasteiger partial charge is 0.366 e. The number of carbonyl (C=O) groups excluding carboxylic acids is 2. The van der Waals surface area contributed by atoms with E-state index in [1.165, 1.54) is 37.9 Å². The third-order valence-electron chi connectivity index (χ3n) is 5.89. The first-order valence-corrected chi connectivity index (χ1v) is 8.92. The Bertz CT molecular complexity index is 710. The van der Waals surface area contributed by atoms with Crippen molar-refractivity contribution in [1.29, 1.82) is 0 Å². The minimum atomic E-state index is -0.820. The standard InChI is InChI=1S/C18H23FN4O2/c19-15-7-12(4-5-13(15)17(20)24)21-18(25)23-9-11-8-22-6-2-1-3-16(22)14(11)10-23/h4-5,7,11,14,16H,1-3,6,8-10H2,(H2,20,24)(H,21,25)/t11-,14+,16-/m0/s1. The zero-order valence-corrected chi connectivity index (χ0v) is 14.1. The van der Waals surface area contributed by atoms with Gasteiger partial charge in [-0.05, 0) is 49.4 Å². The molecular formula is C18H23FN4O2. The Morgan fingerprint density at radius 2 is 2.04 bits per heavy atom. The highest BCUT2D eigenvalue weighted by molar-refractivity contribution is 5.94. The Kier molecular flexibility index (Phi) is 4.11. The Morgan fingerprint density at radius 3 is 2.80 bits per heavy atom. The number of nitrogens with zero attached hydrogens (tertiary/aromatic N) is 2. The van der Waals surface area contributed by atoms with Crippen molar-refractivity contribution >= 4 is 17.6 Å². The summed E-state index contributed by atoms with van der Waals surface area (Å²) in [7, 11) is 0. The van der Waals surface area contributed by atoms with E-state index in [-0.39, 0.29) is 11.6 Å². The molecule has 6 nitrogen and oxygen atoms in total. The number of piperidine rings is 1. The minimum Gasteiger partial charge on any atom is -0.366 e. The second kappa shape index (κ2) is 6.29. The predicted octanol–water partition coefficient (Wildman–Crippen LogP) is 1.87.